The molecule has 1 amide bonds. The normalized spacial score (nSPS) is 26.9. The average molecular weight is 199 g/mol. The van der Waals surface area contributed by atoms with Crippen LogP contribution in [0, 0.1) is 5.41 Å². The van der Waals surface area contributed by atoms with Crippen molar-refractivity contribution in [1.29, 1.82) is 0 Å². The Balaban J connectivity index is 2.85. The van der Waals surface area contributed by atoms with Crippen molar-refractivity contribution in [3.63, 3.8) is 0 Å². The molecule has 1 aliphatic heterocycles. The standard InChI is InChI=1S/C10H17NO3/c1-5-14-7-6-10(2,3)8(12)9(13)11(7)4/h7H,5-6H2,1-4H3. The highest BCUT2D eigenvalue weighted by molar-refractivity contribution is 6.38. The highest BCUT2D eigenvalue weighted by Gasteiger charge is 2.44. The van der Waals surface area contributed by atoms with E-state index in [4.69, 9.17) is 4.74 Å². The predicted molar refractivity (Wildman–Crippen MR) is 51.6 cm³/mol. The molecule has 1 aliphatic rings. The number of ketones is 1. The SMILES string of the molecule is CCOC1CC(C)(C)C(=O)C(=O)N1C. The minimum atomic E-state index is -0.594. The lowest BCUT2D eigenvalue weighted by atomic mass is 9.80. The van der Waals surface area contributed by atoms with E-state index in [-0.39, 0.29) is 12.0 Å². The molecule has 1 fully saturated rings. The van der Waals surface area contributed by atoms with E-state index in [9.17, 15) is 9.59 Å². The lowest BCUT2D eigenvalue weighted by Crippen LogP contribution is -2.54. The van der Waals surface area contributed by atoms with E-state index in [0.717, 1.165) is 0 Å². The van der Waals surface area contributed by atoms with Gasteiger partial charge in [-0.05, 0) is 6.92 Å². The smallest absolute Gasteiger partial charge is 0.292 e. The van der Waals surface area contributed by atoms with Crippen molar-refractivity contribution in [2.75, 3.05) is 13.7 Å². The lowest BCUT2D eigenvalue weighted by Gasteiger charge is -2.39. The van der Waals surface area contributed by atoms with Gasteiger partial charge in [0, 0.05) is 25.5 Å². The Kier molecular flexibility index (Phi) is 2.95. The van der Waals surface area contributed by atoms with Crippen molar-refractivity contribution in [2.24, 2.45) is 5.41 Å². The maximum Gasteiger partial charge on any atom is 0.292 e. The number of carbonyl (C=O) groups is 2. The van der Waals surface area contributed by atoms with Crippen LogP contribution in [-0.2, 0) is 14.3 Å². The first kappa shape index (κ1) is 11.2. The van der Waals surface area contributed by atoms with Gasteiger partial charge in [-0.3, -0.25) is 9.59 Å². The number of piperidine rings is 1. The van der Waals surface area contributed by atoms with Crippen LogP contribution in [0.1, 0.15) is 27.2 Å². The molecular formula is C10H17NO3. The van der Waals surface area contributed by atoms with Crippen LogP contribution < -0.4 is 0 Å². The van der Waals surface area contributed by atoms with E-state index >= 15 is 0 Å². The number of likely N-dealkylation sites (tertiary alicyclic amines) is 1. The first-order valence-electron chi connectivity index (χ1n) is 4.83. The largest absolute Gasteiger partial charge is 0.359 e. The number of hydrogen-bond donors (Lipinski definition) is 0. The molecule has 14 heavy (non-hydrogen) atoms. The maximum absolute atomic E-state index is 11.6. The van der Waals surface area contributed by atoms with Crippen molar-refractivity contribution in [1.82, 2.24) is 4.90 Å². The third-order valence-electron chi connectivity index (χ3n) is 2.61. The summed E-state index contributed by atoms with van der Waals surface area (Å²) in [6.07, 6.45) is 0.308. The van der Waals surface area contributed by atoms with Crippen molar-refractivity contribution in [2.45, 2.75) is 33.4 Å². The molecule has 4 heteroatoms. The Morgan fingerprint density at radius 2 is 2.07 bits per heavy atom. The average Bonchev–Trinajstić information content (AvgIpc) is 2.11. The van der Waals surface area contributed by atoms with Crippen molar-refractivity contribution < 1.29 is 14.3 Å². The van der Waals surface area contributed by atoms with Crippen LogP contribution in [0.3, 0.4) is 0 Å². The van der Waals surface area contributed by atoms with Gasteiger partial charge < -0.3 is 9.64 Å². The Labute approximate surface area is 84.2 Å². The zero-order valence-corrected chi connectivity index (χ0v) is 9.16. The fourth-order valence-corrected chi connectivity index (χ4v) is 1.61. The van der Waals surface area contributed by atoms with E-state index < -0.39 is 11.3 Å². The number of Topliss-reactive ketones (excluding diaryl/α,β-unsaturated/α-hetero) is 1. The molecule has 1 heterocycles. The second kappa shape index (κ2) is 3.69. The number of nitrogens with zero attached hydrogens (tertiary/aromatic N) is 1. The minimum absolute atomic E-state index is 0.264. The molecule has 0 aromatic carbocycles. The van der Waals surface area contributed by atoms with E-state index in [2.05, 4.69) is 0 Å². The molecule has 0 bridgehead atoms. The Bertz CT molecular complexity index is 260. The molecule has 0 N–H and O–H groups in total. The molecule has 1 saturated heterocycles. The van der Waals surface area contributed by atoms with E-state index in [0.29, 0.717) is 13.0 Å². The summed E-state index contributed by atoms with van der Waals surface area (Å²) in [4.78, 5) is 24.5. The van der Waals surface area contributed by atoms with Gasteiger partial charge in [-0.1, -0.05) is 13.8 Å². The fourth-order valence-electron chi connectivity index (χ4n) is 1.61. The van der Waals surface area contributed by atoms with Crippen LogP contribution in [0.15, 0.2) is 0 Å². The van der Waals surface area contributed by atoms with Gasteiger partial charge in [0.25, 0.3) is 5.91 Å². The van der Waals surface area contributed by atoms with Crippen molar-refractivity contribution in [3.05, 3.63) is 0 Å². The molecule has 0 aliphatic carbocycles. The van der Waals surface area contributed by atoms with Crippen LogP contribution >= 0.6 is 0 Å². The van der Waals surface area contributed by atoms with Crippen LogP contribution in [-0.4, -0.2) is 36.5 Å². The molecule has 1 atom stereocenters. The second-order valence-electron chi connectivity index (χ2n) is 4.24. The van der Waals surface area contributed by atoms with Crippen LogP contribution in [0.25, 0.3) is 0 Å². The van der Waals surface area contributed by atoms with E-state index in [1.807, 2.05) is 6.92 Å². The molecular weight excluding hydrogens is 182 g/mol. The van der Waals surface area contributed by atoms with Gasteiger partial charge in [-0.15, -0.1) is 0 Å². The Morgan fingerprint density at radius 1 is 1.50 bits per heavy atom. The van der Waals surface area contributed by atoms with E-state index in [1.165, 1.54) is 4.90 Å². The van der Waals surface area contributed by atoms with Gasteiger partial charge in [0.05, 0.1) is 0 Å². The molecule has 1 rings (SSSR count). The summed E-state index contributed by atoms with van der Waals surface area (Å²) in [6, 6.07) is 0. The zero-order chi connectivity index (χ0) is 10.9. The number of ether oxygens (including phenoxy) is 1. The zero-order valence-electron chi connectivity index (χ0n) is 9.16. The summed E-state index contributed by atoms with van der Waals surface area (Å²) < 4.78 is 5.40. The third kappa shape index (κ3) is 1.80. The van der Waals surface area contributed by atoms with Gasteiger partial charge in [0.1, 0.15) is 6.23 Å². The minimum Gasteiger partial charge on any atom is -0.359 e. The van der Waals surface area contributed by atoms with E-state index in [1.54, 1.807) is 20.9 Å². The number of carbonyl (C=O) groups excluding carboxylic acids is 2. The molecule has 4 nitrogen and oxygen atoms in total. The van der Waals surface area contributed by atoms with Gasteiger partial charge in [-0.2, -0.15) is 0 Å². The fraction of sp³-hybridized carbons (Fsp3) is 0.800. The maximum atomic E-state index is 11.6. The predicted octanol–water partition coefficient (Wildman–Crippen LogP) is 0.806. The van der Waals surface area contributed by atoms with Crippen LogP contribution in [0.2, 0.25) is 0 Å². The summed E-state index contributed by atoms with van der Waals surface area (Å²) >= 11 is 0. The molecule has 0 radical (unpaired) electrons. The molecule has 0 saturated carbocycles. The molecule has 0 aromatic rings. The van der Waals surface area contributed by atoms with Crippen LogP contribution in [0.5, 0.6) is 0 Å². The number of rotatable bonds is 2. The summed E-state index contributed by atoms with van der Waals surface area (Å²) in [6.45, 7) is 5.99. The number of amides is 1. The summed E-state index contributed by atoms with van der Waals surface area (Å²) in [5.74, 6) is -0.768. The monoisotopic (exact) mass is 199 g/mol. The summed E-state index contributed by atoms with van der Waals surface area (Å²) in [5.41, 5.74) is -0.594. The van der Waals surface area contributed by atoms with Crippen molar-refractivity contribution in [3.8, 4) is 0 Å². The molecule has 0 spiro atoms. The topological polar surface area (TPSA) is 46.6 Å². The number of hydrogen-bond acceptors (Lipinski definition) is 3. The third-order valence-corrected chi connectivity index (χ3v) is 2.61. The highest BCUT2D eigenvalue weighted by atomic mass is 16.5. The van der Waals surface area contributed by atoms with Gasteiger partial charge in [0.2, 0.25) is 5.78 Å². The molecule has 80 valence electrons. The first-order chi connectivity index (χ1) is 6.40. The summed E-state index contributed by atoms with van der Waals surface area (Å²) in [7, 11) is 1.61. The summed E-state index contributed by atoms with van der Waals surface area (Å²) in [5, 5.41) is 0. The second-order valence-corrected chi connectivity index (χ2v) is 4.24. The molecule has 1 unspecified atom stereocenters. The van der Waals surface area contributed by atoms with Gasteiger partial charge in [0.15, 0.2) is 0 Å². The highest BCUT2D eigenvalue weighted by Crippen LogP contribution is 2.31. The van der Waals surface area contributed by atoms with Gasteiger partial charge in [-0.25, -0.2) is 0 Å². The quantitative estimate of drug-likeness (QED) is 0.618. The lowest BCUT2D eigenvalue weighted by molar-refractivity contribution is -0.168. The van der Waals surface area contributed by atoms with Gasteiger partial charge >= 0.3 is 0 Å². The number of likely N-dealkylation sites (N-methyl/N-ethyl adjacent to an activating group) is 1. The Morgan fingerprint density at radius 3 is 2.57 bits per heavy atom. The Hall–Kier alpha value is -0.900. The van der Waals surface area contributed by atoms with Crippen molar-refractivity contribution >= 4 is 11.7 Å². The van der Waals surface area contributed by atoms with Crippen LogP contribution in [0.4, 0.5) is 0 Å². The molecule has 0 aromatic heterocycles. The first-order valence-corrected chi connectivity index (χ1v) is 4.83.